The molecule has 0 aliphatic heterocycles. The summed E-state index contributed by atoms with van der Waals surface area (Å²) in [4.78, 5) is 4.10. The van der Waals surface area contributed by atoms with E-state index in [1.54, 1.807) is 11.3 Å². The number of thiophene rings is 2. The Morgan fingerprint density at radius 1 is 1.19 bits per heavy atom. The quantitative estimate of drug-likeness (QED) is 0.871. The van der Waals surface area contributed by atoms with Crippen LogP contribution in [0.4, 0.5) is 0 Å². The molecule has 1 N–H and O–H groups in total. The average Bonchev–Trinajstić information content (AvgIpc) is 2.75. The summed E-state index contributed by atoms with van der Waals surface area (Å²) in [6.45, 7) is 6.17. The third-order valence-corrected chi connectivity index (χ3v) is 4.87. The maximum Gasteiger partial charge on any atom is 0.0516 e. The molecule has 0 saturated carbocycles. The van der Waals surface area contributed by atoms with Crippen LogP contribution in [0.5, 0.6) is 0 Å². The highest BCUT2D eigenvalue weighted by molar-refractivity contribution is 7.12. The van der Waals surface area contributed by atoms with Gasteiger partial charge in [0.2, 0.25) is 0 Å². The molecule has 16 heavy (non-hydrogen) atoms. The summed E-state index contributed by atoms with van der Waals surface area (Å²) >= 11 is 9.44. The predicted octanol–water partition coefficient (Wildman–Crippen LogP) is 4.37. The number of aryl methyl sites for hydroxylation is 2. The molecule has 2 heterocycles. The Balaban J connectivity index is 1.84. The van der Waals surface area contributed by atoms with E-state index < -0.39 is 0 Å². The molecular formula is C12H14ClNS2. The van der Waals surface area contributed by atoms with Crippen molar-refractivity contribution in [1.29, 1.82) is 0 Å². The maximum absolute atomic E-state index is 5.87. The summed E-state index contributed by atoms with van der Waals surface area (Å²) in [7, 11) is 0. The number of halogens is 1. The third kappa shape index (κ3) is 3.08. The molecule has 1 nitrogen and oxygen atoms in total. The summed E-state index contributed by atoms with van der Waals surface area (Å²) in [5, 5.41) is 6.24. The van der Waals surface area contributed by atoms with Crippen LogP contribution in [0.2, 0.25) is 5.02 Å². The van der Waals surface area contributed by atoms with E-state index >= 15 is 0 Å². The van der Waals surface area contributed by atoms with Crippen LogP contribution in [-0.4, -0.2) is 0 Å². The smallest absolute Gasteiger partial charge is 0.0516 e. The first-order chi connectivity index (χ1) is 7.65. The van der Waals surface area contributed by atoms with Crippen molar-refractivity contribution in [3.63, 3.8) is 0 Å². The van der Waals surface area contributed by atoms with Crippen molar-refractivity contribution >= 4 is 34.3 Å². The first-order valence-electron chi connectivity index (χ1n) is 5.14. The highest BCUT2D eigenvalue weighted by Crippen LogP contribution is 2.21. The van der Waals surface area contributed by atoms with Gasteiger partial charge in [-0.05, 0) is 31.5 Å². The first kappa shape index (κ1) is 12.1. The average molecular weight is 272 g/mol. The molecule has 0 spiro atoms. The largest absolute Gasteiger partial charge is 0.307 e. The molecule has 4 heteroatoms. The zero-order valence-corrected chi connectivity index (χ0v) is 11.7. The number of rotatable bonds is 4. The van der Waals surface area contributed by atoms with Gasteiger partial charge in [0.25, 0.3) is 0 Å². The molecule has 0 unspecified atom stereocenters. The Kier molecular flexibility index (Phi) is 4.03. The fraction of sp³-hybridized carbons (Fsp3) is 0.333. The fourth-order valence-corrected chi connectivity index (χ4v) is 3.56. The molecule has 0 aliphatic rings. The summed E-state index contributed by atoms with van der Waals surface area (Å²) in [6, 6.07) is 4.28. The molecule has 0 aliphatic carbocycles. The lowest BCUT2D eigenvalue weighted by atomic mass is 10.3. The lowest BCUT2D eigenvalue weighted by Crippen LogP contribution is -2.10. The Labute approximate surface area is 109 Å². The van der Waals surface area contributed by atoms with E-state index in [1.807, 2.05) is 22.8 Å². The van der Waals surface area contributed by atoms with Crippen LogP contribution in [0, 0.1) is 13.8 Å². The molecule has 0 radical (unpaired) electrons. The highest BCUT2D eigenvalue weighted by atomic mass is 35.5. The number of nitrogens with one attached hydrogen (secondary N) is 1. The monoisotopic (exact) mass is 271 g/mol. The molecule has 0 bridgehead atoms. The Bertz CT molecular complexity index is 454. The minimum absolute atomic E-state index is 0.838. The van der Waals surface area contributed by atoms with E-state index in [1.165, 1.54) is 20.2 Å². The molecule has 0 amide bonds. The van der Waals surface area contributed by atoms with Crippen LogP contribution in [0.1, 0.15) is 20.2 Å². The van der Waals surface area contributed by atoms with Crippen molar-refractivity contribution in [3.8, 4) is 0 Å². The summed E-state index contributed by atoms with van der Waals surface area (Å²) in [5.41, 5.74) is 1.39. The molecule has 86 valence electrons. The molecule has 0 saturated heterocycles. The fourth-order valence-electron chi connectivity index (χ4n) is 1.49. The first-order valence-corrected chi connectivity index (χ1v) is 7.22. The molecule has 2 aromatic heterocycles. The van der Waals surface area contributed by atoms with Gasteiger partial charge in [0.05, 0.1) is 5.02 Å². The molecule has 0 fully saturated rings. The van der Waals surface area contributed by atoms with Crippen molar-refractivity contribution in [1.82, 2.24) is 5.32 Å². The van der Waals surface area contributed by atoms with Gasteiger partial charge in [-0.15, -0.1) is 22.7 Å². The summed E-state index contributed by atoms with van der Waals surface area (Å²) < 4.78 is 0. The van der Waals surface area contributed by atoms with Crippen molar-refractivity contribution in [2.24, 2.45) is 0 Å². The lowest BCUT2D eigenvalue weighted by Gasteiger charge is -1.99. The van der Waals surface area contributed by atoms with E-state index in [-0.39, 0.29) is 0 Å². The van der Waals surface area contributed by atoms with Gasteiger partial charge >= 0.3 is 0 Å². The number of hydrogen-bond acceptors (Lipinski definition) is 3. The predicted molar refractivity (Wildman–Crippen MR) is 73.7 cm³/mol. The van der Waals surface area contributed by atoms with Crippen LogP contribution >= 0.6 is 34.3 Å². The van der Waals surface area contributed by atoms with Gasteiger partial charge in [0, 0.05) is 33.1 Å². The standard InChI is InChI=1S/C12H14ClNS2/c1-8-3-12(16-9(8)2)6-14-5-11-4-10(13)7-15-11/h3-4,7,14H,5-6H2,1-2H3. The van der Waals surface area contributed by atoms with Crippen molar-refractivity contribution in [2.45, 2.75) is 26.9 Å². The second-order valence-corrected chi connectivity index (χ2v) is 6.56. The van der Waals surface area contributed by atoms with Gasteiger partial charge in [-0.1, -0.05) is 11.6 Å². The summed E-state index contributed by atoms with van der Waals surface area (Å²) in [6.07, 6.45) is 0. The van der Waals surface area contributed by atoms with Crippen LogP contribution in [0.15, 0.2) is 17.5 Å². The molecule has 0 aromatic carbocycles. The molecular weight excluding hydrogens is 258 g/mol. The van der Waals surface area contributed by atoms with Crippen molar-refractivity contribution < 1.29 is 0 Å². The lowest BCUT2D eigenvalue weighted by molar-refractivity contribution is 0.709. The minimum atomic E-state index is 0.838. The maximum atomic E-state index is 5.87. The molecule has 0 atom stereocenters. The normalized spacial score (nSPS) is 10.9. The van der Waals surface area contributed by atoms with Gasteiger partial charge in [-0.3, -0.25) is 0 Å². The zero-order chi connectivity index (χ0) is 11.5. The van der Waals surface area contributed by atoms with Gasteiger partial charge in [0.15, 0.2) is 0 Å². The van der Waals surface area contributed by atoms with E-state index in [9.17, 15) is 0 Å². The molecule has 2 rings (SSSR count). The van der Waals surface area contributed by atoms with E-state index in [0.717, 1.165) is 18.1 Å². The van der Waals surface area contributed by atoms with E-state index in [2.05, 4.69) is 25.2 Å². The van der Waals surface area contributed by atoms with Crippen LogP contribution in [0.25, 0.3) is 0 Å². The second kappa shape index (κ2) is 5.32. The SMILES string of the molecule is Cc1cc(CNCc2cc(Cl)cs2)sc1C. The Morgan fingerprint density at radius 3 is 2.50 bits per heavy atom. The third-order valence-electron chi connectivity index (χ3n) is 2.44. The molecule has 2 aromatic rings. The van der Waals surface area contributed by atoms with Crippen LogP contribution in [-0.2, 0) is 13.1 Å². The minimum Gasteiger partial charge on any atom is -0.307 e. The zero-order valence-electron chi connectivity index (χ0n) is 9.34. The Morgan fingerprint density at radius 2 is 1.94 bits per heavy atom. The Hall–Kier alpha value is -0.350. The van der Waals surface area contributed by atoms with Gasteiger partial charge < -0.3 is 5.32 Å². The van der Waals surface area contributed by atoms with Crippen LogP contribution < -0.4 is 5.32 Å². The van der Waals surface area contributed by atoms with Crippen LogP contribution in [0.3, 0.4) is 0 Å². The van der Waals surface area contributed by atoms with Gasteiger partial charge in [-0.2, -0.15) is 0 Å². The van der Waals surface area contributed by atoms with E-state index in [0.29, 0.717) is 0 Å². The highest BCUT2D eigenvalue weighted by Gasteiger charge is 2.02. The van der Waals surface area contributed by atoms with E-state index in [4.69, 9.17) is 11.6 Å². The summed E-state index contributed by atoms with van der Waals surface area (Å²) in [5.74, 6) is 0. The van der Waals surface area contributed by atoms with Crippen molar-refractivity contribution in [2.75, 3.05) is 0 Å². The topological polar surface area (TPSA) is 12.0 Å². The van der Waals surface area contributed by atoms with Gasteiger partial charge in [0.1, 0.15) is 0 Å². The van der Waals surface area contributed by atoms with Gasteiger partial charge in [-0.25, -0.2) is 0 Å². The number of hydrogen-bond donors (Lipinski definition) is 1. The van der Waals surface area contributed by atoms with Crippen molar-refractivity contribution in [3.05, 3.63) is 42.7 Å². The second-order valence-electron chi connectivity index (χ2n) is 3.79.